The fraction of sp³-hybridized carbons (Fsp3) is 0.529. The maximum atomic E-state index is 12.0. The molecule has 0 aromatic heterocycles. The standard InChI is InChI=1S/C17H27N3O2/c1-5-13(2)19-17(22)15-9-7-14(8-10-15)16(21)18-11-6-12-20(3)4/h7-10,13H,5-6,11-12H2,1-4H3,(H,18,21)(H,19,22). The highest BCUT2D eigenvalue weighted by atomic mass is 16.2. The van der Waals surface area contributed by atoms with Crippen LogP contribution in [-0.2, 0) is 0 Å². The van der Waals surface area contributed by atoms with Gasteiger partial charge >= 0.3 is 0 Å². The molecule has 0 radical (unpaired) electrons. The summed E-state index contributed by atoms with van der Waals surface area (Å²) in [6.45, 7) is 5.57. The number of hydrogen-bond acceptors (Lipinski definition) is 3. The van der Waals surface area contributed by atoms with Gasteiger partial charge in [0.05, 0.1) is 0 Å². The molecule has 0 aliphatic rings. The largest absolute Gasteiger partial charge is 0.352 e. The molecule has 0 spiro atoms. The Kier molecular flexibility index (Phi) is 7.60. The van der Waals surface area contributed by atoms with Crippen LogP contribution in [0.25, 0.3) is 0 Å². The van der Waals surface area contributed by atoms with Gasteiger partial charge in [-0.05, 0) is 64.7 Å². The summed E-state index contributed by atoms with van der Waals surface area (Å²) >= 11 is 0. The molecule has 122 valence electrons. The Bertz CT molecular complexity index is 483. The van der Waals surface area contributed by atoms with Crippen molar-refractivity contribution in [2.24, 2.45) is 0 Å². The number of carbonyl (C=O) groups is 2. The molecule has 1 unspecified atom stereocenters. The van der Waals surface area contributed by atoms with E-state index >= 15 is 0 Å². The fourth-order valence-electron chi connectivity index (χ4n) is 1.88. The molecule has 1 aromatic carbocycles. The van der Waals surface area contributed by atoms with Crippen LogP contribution in [0.5, 0.6) is 0 Å². The lowest BCUT2D eigenvalue weighted by Gasteiger charge is -2.12. The number of amides is 2. The van der Waals surface area contributed by atoms with Gasteiger partial charge in [0.2, 0.25) is 0 Å². The maximum Gasteiger partial charge on any atom is 0.251 e. The molecule has 0 fully saturated rings. The van der Waals surface area contributed by atoms with E-state index in [1.807, 2.05) is 27.9 Å². The molecule has 0 aliphatic heterocycles. The van der Waals surface area contributed by atoms with Crippen LogP contribution in [0.15, 0.2) is 24.3 Å². The monoisotopic (exact) mass is 305 g/mol. The molecule has 5 heteroatoms. The predicted octanol–water partition coefficient (Wildman–Crippen LogP) is 1.90. The van der Waals surface area contributed by atoms with E-state index in [2.05, 4.69) is 15.5 Å². The minimum absolute atomic E-state index is 0.104. The molecule has 1 rings (SSSR count). The van der Waals surface area contributed by atoms with Crippen molar-refractivity contribution in [1.82, 2.24) is 15.5 Å². The van der Waals surface area contributed by atoms with Gasteiger partial charge in [0.25, 0.3) is 11.8 Å². The van der Waals surface area contributed by atoms with Crippen LogP contribution in [0.3, 0.4) is 0 Å². The highest BCUT2D eigenvalue weighted by Gasteiger charge is 2.10. The van der Waals surface area contributed by atoms with E-state index in [9.17, 15) is 9.59 Å². The predicted molar refractivity (Wildman–Crippen MR) is 89.2 cm³/mol. The normalized spacial score (nSPS) is 12.0. The van der Waals surface area contributed by atoms with Crippen molar-refractivity contribution in [3.05, 3.63) is 35.4 Å². The first-order chi connectivity index (χ1) is 10.4. The molecule has 0 bridgehead atoms. The average molecular weight is 305 g/mol. The highest BCUT2D eigenvalue weighted by Crippen LogP contribution is 2.05. The molecule has 22 heavy (non-hydrogen) atoms. The molecule has 0 heterocycles. The first kappa shape index (κ1) is 18.2. The zero-order chi connectivity index (χ0) is 16.5. The van der Waals surface area contributed by atoms with Gasteiger partial charge in [0.15, 0.2) is 0 Å². The van der Waals surface area contributed by atoms with Crippen LogP contribution < -0.4 is 10.6 Å². The van der Waals surface area contributed by atoms with Crippen LogP contribution in [0.1, 0.15) is 47.4 Å². The van der Waals surface area contributed by atoms with Crippen molar-refractivity contribution in [2.45, 2.75) is 32.7 Å². The van der Waals surface area contributed by atoms with Crippen molar-refractivity contribution in [1.29, 1.82) is 0 Å². The van der Waals surface area contributed by atoms with E-state index in [4.69, 9.17) is 0 Å². The number of nitrogens with zero attached hydrogens (tertiary/aromatic N) is 1. The second-order valence-electron chi connectivity index (χ2n) is 5.77. The van der Waals surface area contributed by atoms with Crippen LogP contribution >= 0.6 is 0 Å². The SMILES string of the molecule is CCC(C)NC(=O)c1ccc(C(=O)NCCCN(C)C)cc1. The van der Waals surface area contributed by atoms with E-state index in [0.29, 0.717) is 17.7 Å². The summed E-state index contributed by atoms with van der Waals surface area (Å²) < 4.78 is 0. The third kappa shape index (κ3) is 6.26. The molecule has 5 nitrogen and oxygen atoms in total. The van der Waals surface area contributed by atoms with E-state index < -0.39 is 0 Å². The smallest absolute Gasteiger partial charge is 0.251 e. The highest BCUT2D eigenvalue weighted by molar-refractivity contribution is 5.97. The second-order valence-corrected chi connectivity index (χ2v) is 5.77. The van der Waals surface area contributed by atoms with Crippen molar-refractivity contribution < 1.29 is 9.59 Å². The Morgan fingerprint density at radius 3 is 2.14 bits per heavy atom. The number of nitrogens with one attached hydrogen (secondary N) is 2. The maximum absolute atomic E-state index is 12.0. The topological polar surface area (TPSA) is 61.4 Å². The van der Waals surface area contributed by atoms with Gasteiger partial charge in [-0.3, -0.25) is 9.59 Å². The average Bonchev–Trinajstić information content (AvgIpc) is 2.51. The number of rotatable bonds is 8. The lowest BCUT2D eigenvalue weighted by Crippen LogP contribution is -2.32. The van der Waals surface area contributed by atoms with Gasteiger partial charge in [-0.1, -0.05) is 6.92 Å². The minimum Gasteiger partial charge on any atom is -0.352 e. The van der Waals surface area contributed by atoms with Crippen molar-refractivity contribution >= 4 is 11.8 Å². The Labute approximate surface area is 133 Å². The van der Waals surface area contributed by atoms with E-state index in [1.165, 1.54) is 0 Å². The van der Waals surface area contributed by atoms with Gasteiger partial charge in [-0.15, -0.1) is 0 Å². The lowest BCUT2D eigenvalue weighted by molar-refractivity contribution is 0.0932. The molecular weight excluding hydrogens is 278 g/mol. The summed E-state index contributed by atoms with van der Waals surface area (Å²) in [6.07, 6.45) is 1.80. The van der Waals surface area contributed by atoms with Gasteiger partial charge < -0.3 is 15.5 Å². The summed E-state index contributed by atoms with van der Waals surface area (Å²) in [6, 6.07) is 6.89. The van der Waals surface area contributed by atoms with Gasteiger partial charge in [-0.2, -0.15) is 0 Å². The number of benzene rings is 1. The Balaban J connectivity index is 2.50. The quantitative estimate of drug-likeness (QED) is 0.721. The third-order valence-corrected chi connectivity index (χ3v) is 3.47. The first-order valence-corrected chi connectivity index (χ1v) is 7.78. The van der Waals surface area contributed by atoms with E-state index in [-0.39, 0.29) is 17.9 Å². The molecule has 2 amide bonds. The molecule has 1 aromatic rings. The van der Waals surface area contributed by atoms with E-state index in [0.717, 1.165) is 19.4 Å². The Hall–Kier alpha value is -1.88. The summed E-state index contributed by atoms with van der Waals surface area (Å²) in [4.78, 5) is 26.0. The van der Waals surface area contributed by atoms with Crippen LogP contribution in [-0.4, -0.2) is 49.9 Å². The molecular formula is C17H27N3O2. The summed E-state index contributed by atoms with van der Waals surface area (Å²) in [5.41, 5.74) is 1.15. The second kappa shape index (κ2) is 9.20. The zero-order valence-corrected chi connectivity index (χ0v) is 14.0. The summed E-state index contributed by atoms with van der Waals surface area (Å²) in [7, 11) is 4.01. The van der Waals surface area contributed by atoms with Crippen LogP contribution in [0, 0.1) is 0 Å². The summed E-state index contributed by atoms with van der Waals surface area (Å²) in [5, 5.41) is 5.78. The first-order valence-electron chi connectivity index (χ1n) is 7.78. The van der Waals surface area contributed by atoms with Gasteiger partial charge in [0, 0.05) is 23.7 Å². The number of carbonyl (C=O) groups excluding carboxylic acids is 2. The van der Waals surface area contributed by atoms with Crippen molar-refractivity contribution in [3.8, 4) is 0 Å². The summed E-state index contributed by atoms with van der Waals surface area (Å²) in [5.74, 6) is -0.208. The van der Waals surface area contributed by atoms with Gasteiger partial charge in [0.1, 0.15) is 0 Å². The molecule has 0 aliphatic carbocycles. The molecule has 0 saturated carbocycles. The molecule has 2 N–H and O–H groups in total. The Morgan fingerprint density at radius 2 is 1.64 bits per heavy atom. The van der Waals surface area contributed by atoms with Gasteiger partial charge in [-0.25, -0.2) is 0 Å². The third-order valence-electron chi connectivity index (χ3n) is 3.47. The lowest BCUT2D eigenvalue weighted by atomic mass is 10.1. The minimum atomic E-state index is -0.104. The fourth-order valence-corrected chi connectivity index (χ4v) is 1.88. The van der Waals surface area contributed by atoms with Crippen LogP contribution in [0.4, 0.5) is 0 Å². The number of hydrogen-bond donors (Lipinski definition) is 2. The molecule has 1 atom stereocenters. The Morgan fingerprint density at radius 1 is 1.09 bits per heavy atom. The molecule has 0 saturated heterocycles. The van der Waals surface area contributed by atoms with Crippen LogP contribution in [0.2, 0.25) is 0 Å². The van der Waals surface area contributed by atoms with Crippen molar-refractivity contribution in [3.63, 3.8) is 0 Å². The van der Waals surface area contributed by atoms with E-state index in [1.54, 1.807) is 24.3 Å². The zero-order valence-electron chi connectivity index (χ0n) is 14.0. The van der Waals surface area contributed by atoms with Crippen molar-refractivity contribution in [2.75, 3.05) is 27.2 Å².